The van der Waals surface area contributed by atoms with E-state index < -0.39 is 0 Å². The van der Waals surface area contributed by atoms with Crippen molar-refractivity contribution in [1.82, 2.24) is 20.2 Å². The van der Waals surface area contributed by atoms with Crippen LogP contribution in [0.2, 0.25) is 0 Å². The van der Waals surface area contributed by atoms with Crippen LogP contribution in [0.1, 0.15) is 39.8 Å². The van der Waals surface area contributed by atoms with Crippen LogP contribution >= 0.6 is 11.3 Å². The molecule has 132 valence electrons. The number of aromatic nitrogens is 2. The van der Waals surface area contributed by atoms with Crippen LogP contribution in [0.5, 0.6) is 0 Å². The predicted octanol–water partition coefficient (Wildman–Crippen LogP) is 2.00. The molecule has 0 unspecified atom stereocenters. The van der Waals surface area contributed by atoms with Gasteiger partial charge in [-0.25, -0.2) is 9.97 Å². The Morgan fingerprint density at radius 1 is 1.36 bits per heavy atom. The van der Waals surface area contributed by atoms with Gasteiger partial charge in [0.25, 0.3) is 11.8 Å². The Hall–Kier alpha value is -2.48. The van der Waals surface area contributed by atoms with Crippen LogP contribution in [-0.4, -0.2) is 52.4 Å². The highest BCUT2D eigenvalue weighted by Gasteiger charge is 2.26. The summed E-state index contributed by atoms with van der Waals surface area (Å²) in [5, 5.41) is 7.87. The van der Waals surface area contributed by atoms with Crippen molar-refractivity contribution in [2.24, 2.45) is 0 Å². The second-order valence-electron chi connectivity index (χ2n) is 5.87. The number of carbonyl (C=O) groups excluding carboxylic acids is 2. The van der Waals surface area contributed by atoms with Gasteiger partial charge in [0.05, 0.1) is 10.4 Å². The van der Waals surface area contributed by atoms with Gasteiger partial charge in [0.1, 0.15) is 0 Å². The average Bonchev–Trinajstić information content (AvgIpc) is 3.17. The lowest BCUT2D eigenvalue weighted by Crippen LogP contribution is -2.49. The summed E-state index contributed by atoms with van der Waals surface area (Å²) >= 11 is 1.44. The van der Waals surface area contributed by atoms with Gasteiger partial charge >= 0.3 is 0 Å². The first-order valence-electron chi connectivity index (χ1n) is 8.37. The van der Waals surface area contributed by atoms with Crippen molar-refractivity contribution >= 4 is 29.1 Å². The summed E-state index contributed by atoms with van der Waals surface area (Å²) in [6, 6.07) is 3.65. The lowest BCUT2D eigenvalue weighted by molar-refractivity contribution is 0.0680. The zero-order valence-electron chi connectivity index (χ0n) is 14.1. The quantitative estimate of drug-likeness (QED) is 0.853. The molecule has 2 amide bonds. The molecule has 0 bridgehead atoms. The Bertz CT molecular complexity index is 717. The monoisotopic (exact) mass is 359 g/mol. The first-order chi connectivity index (χ1) is 12.2. The molecular weight excluding hydrogens is 338 g/mol. The zero-order valence-corrected chi connectivity index (χ0v) is 14.9. The summed E-state index contributed by atoms with van der Waals surface area (Å²) in [4.78, 5) is 35.6. The van der Waals surface area contributed by atoms with Gasteiger partial charge in [-0.1, -0.05) is 6.07 Å². The van der Waals surface area contributed by atoms with Crippen molar-refractivity contribution in [3.05, 3.63) is 40.3 Å². The summed E-state index contributed by atoms with van der Waals surface area (Å²) in [5.41, 5.74) is 0.420. The third-order valence-electron chi connectivity index (χ3n) is 4.02. The lowest BCUT2D eigenvalue weighted by Gasteiger charge is -2.33. The van der Waals surface area contributed by atoms with Crippen molar-refractivity contribution in [2.75, 3.05) is 25.0 Å². The topological polar surface area (TPSA) is 87.2 Å². The smallest absolute Gasteiger partial charge is 0.263 e. The molecule has 3 rings (SSSR count). The Labute approximate surface area is 150 Å². The highest BCUT2D eigenvalue weighted by Crippen LogP contribution is 2.17. The van der Waals surface area contributed by atoms with Crippen molar-refractivity contribution in [1.29, 1.82) is 0 Å². The van der Waals surface area contributed by atoms with E-state index in [2.05, 4.69) is 20.6 Å². The third-order valence-corrected chi connectivity index (χ3v) is 4.88. The number of rotatable bonds is 5. The molecule has 0 radical (unpaired) electrons. The van der Waals surface area contributed by atoms with Crippen molar-refractivity contribution in [3.8, 4) is 0 Å². The molecule has 25 heavy (non-hydrogen) atoms. The fourth-order valence-corrected chi connectivity index (χ4v) is 3.49. The van der Waals surface area contributed by atoms with E-state index in [4.69, 9.17) is 0 Å². The predicted molar refractivity (Wildman–Crippen MR) is 96.9 cm³/mol. The maximum absolute atomic E-state index is 12.5. The highest BCUT2D eigenvalue weighted by atomic mass is 32.1. The number of nitrogens with one attached hydrogen (secondary N) is 2. The van der Waals surface area contributed by atoms with Gasteiger partial charge in [0.2, 0.25) is 5.95 Å². The molecule has 1 fully saturated rings. The van der Waals surface area contributed by atoms with Crippen LogP contribution < -0.4 is 10.6 Å². The van der Waals surface area contributed by atoms with Gasteiger partial charge in [-0.05, 0) is 31.2 Å². The molecule has 8 heteroatoms. The molecule has 2 N–H and O–H groups in total. The molecule has 1 aliphatic heterocycles. The van der Waals surface area contributed by atoms with E-state index in [-0.39, 0.29) is 17.9 Å². The Morgan fingerprint density at radius 2 is 2.16 bits per heavy atom. The number of piperidine rings is 1. The minimum atomic E-state index is -0.210. The van der Waals surface area contributed by atoms with E-state index in [0.717, 1.165) is 30.8 Å². The van der Waals surface area contributed by atoms with Crippen LogP contribution in [0.3, 0.4) is 0 Å². The molecule has 1 saturated heterocycles. The molecule has 0 spiro atoms. The van der Waals surface area contributed by atoms with Gasteiger partial charge in [0, 0.05) is 38.1 Å². The summed E-state index contributed by atoms with van der Waals surface area (Å²) in [6.45, 7) is 3.93. The Morgan fingerprint density at radius 3 is 2.84 bits per heavy atom. The van der Waals surface area contributed by atoms with Gasteiger partial charge in [-0.3, -0.25) is 9.59 Å². The minimum Gasteiger partial charge on any atom is -0.355 e. The maximum atomic E-state index is 12.5. The van der Waals surface area contributed by atoms with Crippen LogP contribution in [-0.2, 0) is 0 Å². The number of anilines is 1. The first-order valence-corrected chi connectivity index (χ1v) is 9.25. The van der Waals surface area contributed by atoms with Crippen LogP contribution in [0, 0.1) is 0 Å². The summed E-state index contributed by atoms with van der Waals surface area (Å²) < 4.78 is 0. The maximum Gasteiger partial charge on any atom is 0.263 e. The number of nitrogens with zero attached hydrogens (tertiary/aromatic N) is 3. The van der Waals surface area contributed by atoms with Crippen LogP contribution in [0.4, 0.5) is 5.95 Å². The molecule has 3 heterocycles. The Kier molecular flexibility index (Phi) is 5.60. The fraction of sp³-hybridized carbons (Fsp3) is 0.412. The number of likely N-dealkylation sites (tertiary alicyclic amines) is 1. The molecule has 2 aromatic rings. The van der Waals surface area contributed by atoms with Crippen LogP contribution in [0.25, 0.3) is 0 Å². The SMILES string of the molecule is CCNc1ncc(C(=O)N[C@H]2CCCN(C(=O)c3cccs3)C2)cn1. The fourth-order valence-electron chi connectivity index (χ4n) is 2.80. The normalized spacial score (nSPS) is 17.2. The van der Waals surface area contributed by atoms with Gasteiger partial charge < -0.3 is 15.5 Å². The summed E-state index contributed by atoms with van der Waals surface area (Å²) in [5.74, 6) is 0.329. The largest absolute Gasteiger partial charge is 0.355 e. The first kappa shape index (κ1) is 17.3. The van der Waals surface area contributed by atoms with Gasteiger partial charge in [-0.15, -0.1) is 11.3 Å². The highest BCUT2D eigenvalue weighted by molar-refractivity contribution is 7.12. The Balaban J connectivity index is 1.58. The van der Waals surface area contributed by atoms with E-state index in [1.165, 1.54) is 23.7 Å². The second-order valence-corrected chi connectivity index (χ2v) is 6.81. The van der Waals surface area contributed by atoms with E-state index in [0.29, 0.717) is 18.1 Å². The zero-order chi connectivity index (χ0) is 17.6. The molecule has 7 nitrogen and oxygen atoms in total. The van der Waals surface area contributed by atoms with E-state index in [1.807, 2.05) is 29.3 Å². The van der Waals surface area contributed by atoms with Gasteiger partial charge in [-0.2, -0.15) is 0 Å². The van der Waals surface area contributed by atoms with Crippen LogP contribution in [0.15, 0.2) is 29.9 Å². The third kappa shape index (κ3) is 4.33. The number of hydrogen-bond donors (Lipinski definition) is 2. The molecule has 1 aliphatic rings. The lowest BCUT2D eigenvalue weighted by atomic mass is 10.0. The summed E-state index contributed by atoms with van der Waals surface area (Å²) in [7, 11) is 0. The molecular formula is C17H21N5O2S. The number of thiophene rings is 1. The second kappa shape index (κ2) is 8.06. The molecule has 0 aliphatic carbocycles. The number of amides is 2. The van der Waals surface area contributed by atoms with Crippen molar-refractivity contribution < 1.29 is 9.59 Å². The van der Waals surface area contributed by atoms with E-state index >= 15 is 0 Å². The van der Waals surface area contributed by atoms with E-state index in [9.17, 15) is 9.59 Å². The van der Waals surface area contributed by atoms with Gasteiger partial charge in [0.15, 0.2) is 0 Å². The van der Waals surface area contributed by atoms with Crippen molar-refractivity contribution in [3.63, 3.8) is 0 Å². The molecule has 2 aromatic heterocycles. The summed E-state index contributed by atoms with van der Waals surface area (Å²) in [6.07, 6.45) is 4.75. The molecule has 0 saturated carbocycles. The van der Waals surface area contributed by atoms with E-state index in [1.54, 1.807) is 0 Å². The van der Waals surface area contributed by atoms with Crippen molar-refractivity contribution in [2.45, 2.75) is 25.8 Å². The number of carbonyl (C=O) groups is 2. The standard InChI is InChI=1S/C17H21N5O2S/c1-2-18-17-19-9-12(10-20-17)15(23)21-13-5-3-7-22(11-13)16(24)14-6-4-8-25-14/h4,6,8-10,13H,2-3,5,7,11H2,1H3,(H,21,23)(H,18,19,20)/t13-/m0/s1. The average molecular weight is 359 g/mol. The minimum absolute atomic E-state index is 0.0345. The molecule has 0 aromatic carbocycles. The molecule has 1 atom stereocenters. The number of hydrogen-bond acceptors (Lipinski definition) is 6.